The van der Waals surface area contributed by atoms with Gasteiger partial charge in [-0.2, -0.15) is 0 Å². The average Bonchev–Trinajstić information content (AvgIpc) is 3.07. The average molecular weight is 418 g/mol. The summed E-state index contributed by atoms with van der Waals surface area (Å²) < 4.78 is 37.6. The molecule has 4 rings (SSSR count). The number of hydroxylamine groups is 3. The number of fused-ring (bicyclic) bond motifs is 1. The molecule has 2 aromatic carbocycles. The number of likely N-dealkylation sites (tertiary alicyclic amines) is 1. The highest BCUT2D eigenvalue weighted by Crippen LogP contribution is 2.45. The third-order valence-electron chi connectivity index (χ3n) is 6.02. The largest absolute Gasteiger partial charge is 0.632 e. The second kappa shape index (κ2) is 7.18. The Hall–Kier alpha value is -1.77. The highest BCUT2D eigenvalue weighted by atomic mass is 32.2. The van der Waals surface area contributed by atoms with Crippen LogP contribution in [0.15, 0.2) is 65.6 Å². The lowest BCUT2D eigenvalue weighted by Gasteiger charge is -2.47. The van der Waals surface area contributed by atoms with E-state index >= 15 is 0 Å². The Morgan fingerprint density at radius 3 is 2.03 bits per heavy atom. The van der Waals surface area contributed by atoms with Crippen molar-refractivity contribution >= 4 is 9.84 Å². The van der Waals surface area contributed by atoms with Gasteiger partial charge in [0.25, 0.3) is 0 Å². The molecule has 7 heteroatoms. The van der Waals surface area contributed by atoms with E-state index in [1.54, 1.807) is 37.4 Å². The zero-order valence-electron chi connectivity index (χ0n) is 16.9. The highest BCUT2D eigenvalue weighted by molar-refractivity contribution is 7.91. The molecule has 29 heavy (non-hydrogen) atoms. The van der Waals surface area contributed by atoms with E-state index in [0.29, 0.717) is 6.42 Å². The minimum atomic E-state index is -3.64. The van der Waals surface area contributed by atoms with E-state index < -0.39 is 44.6 Å². The lowest BCUT2D eigenvalue weighted by Crippen LogP contribution is -2.55. The van der Waals surface area contributed by atoms with Crippen LogP contribution < -0.4 is 0 Å². The van der Waals surface area contributed by atoms with Gasteiger partial charge >= 0.3 is 0 Å². The molecule has 2 aliphatic heterocycles. The fourth-order valence-corrected chi connectivity index (χ4v) is 6.29. The van der Waals surface area contributed by atoms with E-state index in [4.69, 9.17) is 9.47 Å². The lowest BCUT2D eigenvalue weighted by atomic mass is 10.0. The number of likely N-dealkylation sites (N-methyl/N-ethyl adjacent to an activating group) is 1. The Morgan fingerprint density at radius 1 is 0.931 bits per heavy atom. The Labute approximate surface area is 172 Å². The summed E-state index contributed by atoms with van der Waals surface area (Å²) in [4.78, 5) is 0.223. The van der Waals surface area contributed by atoms with E-state index in [0.717, 1.165) is 5.56 Å². The lowest BCUT2D eigenvalue weighted by molar-refractivity contribution is -0.898. The van der Waals surface area contributed by atoms with Gasteiger partial charge in [0.15, 0.2) is 15.6 Å². The van der Waals surface area contributed by atoms with Gasteiger partial charge < -0.3 is 19.3 Å². The molecule has 0 amide bonds. The van der Waals surface area contributed by atoms with Gasteiger partial charge in [-0.1, -0.05) is 48.5 Å². The Bertz CT molecular complexity index is 959. The normalized spacial score (nSPS) is 33.5. The summed E-state index contributed by atoms with van der Waals surface area (Å²) in [5.41, 5.74) is 1.02. The predicted octanol–water partition coefficient (Wildman–Crippen LogP) is 2.92. The fourth-order valence-electron chi connectivity index (χ4n) is 4.59. The van der Waals surface area contributed by atoms with Gasteiger partial charge in [-0.05, 0) is 31.5 Å². The molecule has 156 valence electrons. The van der Waals surface area contributed by atoms with Gasteiger partial charge in [0.2, 0.25) is 0 Å². The van der Waals surface area contributed by atoms with Crippen LogP contribution in [-0.4, -0.2) is 55.9 Å². The zero-order valence-corrected chi connectivity index (χ0v) is 17.7. The molecule has 0 bridgehead atoms. The second-order valence-corrected chi connectivity index (χ2v) is 10.6. The van der Waals surface area contributed by atoms with Crippen LogP contribution in [0.25, 0.3) is 0 Å². The quantitative estimate of drug-likeness (QED) is 0.552. The van der Waals surface area contributed by atoms with Gasteiger partial charge in [0.05, 0.1) is 11.9 Å². The topological polar surface area (TPSA) is 75.7 Å². The number of rotatable bonds is 5. The van der Waals surface area contributed by atoms with Gasteiger partial charge in [0, 0.05) is 6.42 Å². The minimum absolute atomic E-state index is 0.223. The number of sulfone groups is 1. The Balaban J connectivity index is 1.68. The van der Waals surface area contributed by atoms with Crippen molar-refractivity contribution in [3.8, 4) is 0 Å². The maximum absolute atomic E-state index is 13.8. The van der Waals surface area contributed by atoms with Crippen molar-refractivity contribution in [2.45, 2.75) is 55.2 Å². The standard InChI is InChI=1S/C22H27NO5S/c1-22(2)27-20-18(14-16-10-6-4-7-11-16)23(3,24)19(21(20)28-22)15-29(25,26)17-12-8-5-9-13-17/h4-13,18-21H,14-15H2,1-3H3/t18-,19+,20+,21-,23?/m1/s1. The molecule has 0 saturated carbocycles. The van der Waals surface area contributed by atoms with Gasteiger partial charge in [-0.15, -0.1) is 0 Å². The maximum Gasteiger partial charge on any atom is 0.184 e. The third-order valence-corrected chi connectivity index (χ3v) is 7.79. The van der Waals surface area contributed by atoms with Crippen LogP contribution in [0.1, 0.15) is 19.4 Å². The Kier molecular flexibility index (Phi) is 5.07. The number of ether oxygens (including phenoxy) is 2. The molecule has 2 saturated heterocycles. The molecule has 1 unspecified atom stereocenters. The number of nitrogens with zero attached hydrogens (tertiary/aromatic N) is 1. The molecule has 2 fully saturated rings. The van der Waals surface area contributed by atoms with Crippen molar-refractivity contribution in [2.75, 3.05) is 12.8 Å². The summed E-state index contributed by atoms with van der Waals surface area (Å²) in [6.45, 7) is 3.62. The van der Waals surface area contributed by atoms with Crippen molar-refractivity contribution < 1.29 is 22.5 Å². The molecular weight excluding hydrogens is 390 g/mol. The smallest absolute Gasteiger partial charge is 0.184 e. The van der Waals surface area contributed by atoms with E-state index in [-0.39, 0.29) is 10.6 Å². The second-order valence-electron chi connectivity index (χ2n) is 8.54. The molecule has 0 aromatic heterocycles. The number of quaternary nitrogens is 1. The molecule has 0 N–H and O–H groups in total. The summed E-state index contributed by atoms with van der Waals surface area (Å²) in [6.07, 6.45) is -0.521. The van der Waals surface area contributed by atoms with Gasteiger partial charge in [0.1, 0.15) is 30.0 Å². The molecule has 5 atom stereocenters. The first-order chi connectivity index (χ1) is 13.6. The first-order valence-corrected chi connectivity index (χ1v) is 11.5. The van der Waals surface area contributed by atoms with Crippen molar-refractivity contribution in [3.63, 3.8) is 0 Å². The van der Waals surface area contributed by atoms with Crippen LogP contribution in [0.5, 0.6) is 0 Å². The number of benzene rings is 2. The van der Waals surface area contributed by atoms with Gasteiger partial charge in [-0.25, -0.2) is 8.42 Å². The summed E-state index contributed by atoms with van der Waals surface area (Å²) in [6, 6.07) is 16.8. The minimum Gasteiger partial charge on any atom is -0.632 e. The molecule has 2 aliphatic rings. The van der Waals surface area contributed by atoms with Crippen LogP contribution in [-0.2, 0) is 25.7 Å². The van der Waals surface area contributed by atoms with E-state index in [2.05, 4.69) is 0 Å². The van der Waals surface area contributed by atoms with Crippen molar-refractivity contribution in [2.24, 2.45) is 0 Å². The maximum atomic E-state index is 13.8. The molecule has 0 spiro atoms. The molecule has 6 nitrogen and oxygen atoms in total. The summed E-state index contributed by atoms with van der Waals surface area (Å²) >= 11 is 0. The SMILES string of the molecule is CC1(C)O[C@@H]2[C@H](O1)[C@H](CS(=O)(=O)c1ccccc1)[N+](C)([O-])[C@@H]2Cc1ccccc1. The predicted molar refractivity (Wildman–Crippen MR) is 110 cm³/mol. The van der Waals surface area contributed by atoms with Crippen LogP contribution in [0.2, 0.25) is 0 Å². The first kappa shape index (κ1) is 20.5. The number of hydrogen-bond acceptors (Lipinski definition) is 5. The van der Waals surface area contributed by atoms with Crippen molar-refractivity contribution in [3.05, 3.63) is 71.4 Å². The highest BCUT2D eigenvalue weighted by Gasteiger charge is 2.63. The third kappa shape index (κ3) is 3.85. The molecule has 2 heterocycles. The zero-order chi connectivity index (χ0) is 20.9. The van der Waals surface area contributed by atoms with Crippen LogP contribution >= 0.6 is 0 Å². The molecular formula is C22H27NO5S. The van der Waals surface area contributed by atoms with Crippen LogP contribution in [0.4, 0.5) is 0 Å². The number of hydrogen-bond donors (Lipinski definition) is 0. The molecule has 0 aliphatic carbocycles. The van der Waals surface area contributed by atoms with Crippen LogP contribution in [0.3, 0.4) is 0 Å². The summed E-state index contributed by atoms with van der Waals surface area (Å²) in [5, 5.41) is 13.8. The van der Waals surface area contributed by atoms with Crippen LogP contribution in [0, 0.1) is 5.21 Å². The van der Waals surface area contributed by atoms with Crippen molar-refractivity contribution in [1.29, 1.82) is 0 Å². The van der Waals surface area contributed by atoms with E-state index in [9.17, 15) is 13.6 Å². The van der Waals surface area contributed by atoms with E-state index in [1.807, 2.05) is 44.2 Å². The fraction of sp³-hybridized carbons (Fsp3) is 0.455. The first-order valence-electron chi connectivity index (χ1n) is 9.84. The summed E-state index contributed by atoms with van der Waals surface area (Å²) in [5.74, 6) is -1.12. The summed E-state index contributed by atoms with van der Waals surface area (Å²) in [7, 11) is -2.09. The Morgan fingerprint density at radius 2 is 1.45 bits per heavy atom. The monoisotopic (exact) mass is 417 g/mol. The van der Waals surface area contributed by atoms with E-state index in [1.165, 1.54) is 0 Å². The van der Waals surface area contributed by atoms with Gasteiger partial charge in [-0.3, -0.25) is 0 Å². The molecule has 0 radical (unpaired) electrons. The van der Waals surface area contributed by atoms with Crippen molar-refractivity contribution in [1.82, 2.24) is 0 Å². The molecule has 2 aromatic rings.